The lowest BCUT2D eigenvalue weighted by Crippen LogP contribution is -2.43. The van der Waals surface area contributed by atoms with Crippen LogP contribution in [0.1, 0.15) is 40.3 Å². The van der Waals surface area contributed by atoms with Crippen LogP contribution in [0.4, 0.5) is 4.39 Å². The van der Waals surface area contributed by atoms with Crippen LogP contribution >= 0.6 is 0 Å². The molecule has 0 bridgehead atoms. The lowest BCUT2D eigenvalue weighted by Gasteiger charge is -2.24. The highest BCUT2D eigenvalue weighted by Gasteiger charge is 2.54. The maximum Gasteiger partial charge on any atom is 0.330 e. The zero-order valence-electron chi connectivity index (χ0n) is 15.8. The van der Waals surface area contributed by atoms with Crippen LogP contribution in [-0.2, 0) is 14.3 Å². The fourth-order valence-electron chi connectivity index (χ4n) is 2.92. The number of aromatic amines is 1. The summed E-state index contributed by atoms with van der Waals surface area (Å²) in [5, 5.41) is 13.2. The van der Waals surface area contributed by atoms with E-state index in [1.54, 1.807) is 20.8 Å². The number of esters is 1. The first-order valence-corrected chi connectivity index (χ1v) is 8.81. The van der Waals surface area contributed by atoms with Crippen LogP contribution in [0.2, 0.25) is 0 Å². The third kappa shape index (κ3) is 4.82. The number of carbonyl (C=O) groups is 1. The number of aliphatic hydroxyl groups excluding tert-OH is 1. The Morgan fingerprint density at radius 1 is 1.48 bits per heavy atom. The summed E-state index contributed by atoms with van der Waals surface area (Å²) in [5.41, 5.74) is -3.68. The van der Waals surface area contributed by atoms with Crippen molar-refractivity contribution >= 4 is 5.97 Å². The molecule has 2 rings (SSSR count). The van der Waals surface area contributed by atoms with E-state index in [1.807, 2.05) is 4.98 Å². The molecule has 0 radical (unpaired) electrons. The molecule has 3 N–H and O–H groups in total. The molecule has 0 unspecified atom stereocenters. The monoisotopic (exact) mass is 387 g/mol. The number of rotatable bonds is 7. The molecular weight excluding hydrogens is 361 g/mol. The zero-order valence-corrected chi connectivity index (χ0v) is 15.8. The van der Waals surface area contributed by atoms with E-state index in [2.05, 4.69) is 5.32 Å². The van der Waals surface area contributed by atoms with Gasteiger partial charge in [-0.2, -0.15) is 0 Å². The second-order valence-electron chi connectivity index (χ2n) is 7.09. The predicted octanol–water partition coefficient (Wildman–Crippen LogP) is -0.157. The average molecular weight is 387 g/mol. The minimum Gasteiger partial charge on any atom is -0.462 e. The van der Waals surface area contributed by atoms with Crippen molar-refractivity contribution in [2.75, 3.05) is 6.54 Å². The molecule has 1 aliphatic rings. The quantitative estimate of drug-likeness (QED) is 0.556. The zero-order chi connectivity index (χ0) is 20.4. The van der Waals surface area contributed by atoms with Gasteiger partial charge in [-0.25, -0.2) is 9.18 Å². The number of halogens is 1. The van der Waals surface area contributed by atoms with Crippen LogP contribution in [0, 0.1) is 0 Å². The Balaban J connectivity index is 2.00. The Kier molecular flexibility index (Phi) is 6.55. The molecule has 10 heteroatoms. The first-order chi connectivity index (χ1) is 12.5. The molecule has 0 aromatic carbocycles. The lowest BCUT2D eigenvalue weighted by molar-refractivity contribution is -0.149. The van der Waals surface area contributed by atoms with Crippen molar-refractivity contribution in [3.05, 3.63) is 33.1 Å². The van der Waals surface area contributed by atoms with E-state index in [0.717, 1.165) is 23.8 Å². The van der Waals surface area contributed by atoms with Gasteiger partial charge in [-0.3, -0.25) is 19.1 Å². The summed E-state index contributed by atoms with van der Waals surface area (Å²) < 4.78 is 26.6. The van der Waals surface area contributed by atoms with Crippen molar-refractivity contribution in [1.29, 1.82) is 0 Å². The topological polar surface area (TPSA) is 123 Å². The van der Waals surface area contributed by atoms with Gasteiger partial charge in [0.15, 0.2) is 11.9 Å². The number of alkyl halides is 1. The summed E-state index contributed by atoms with van der Waals surface area (Å²) in [5.74, 6) is -0.411. The molecule has 0 amide bonds. The smallest absolute Gasteiger partial charge is 0.330 e. The highest BCUT2D eigenvalue weighted by atomic mass is 19.1. The van der Waals surface area contributed by atoms with Crippen molar-refractivity contribution in [2.45, 2.75) is 70.4 Å². The normalized spacial score (nSPS) is 29.1. The summed E-state index contributed by atoms with van der Waals surface area (Å²) in [7, 11) is 0. The predicted molar refractivity (Wildman–Crippen MR) is 94.1 cm³/mol. The average Bonchev–Trinajstić information content (AvgIpc) is 2.78. The second kappa shape index (κ2) is 8.32. The number of nitrogens with zero attached hydrogens (tertiary/aromatic N) is 1. The molecule has 0 aliphatic carbocycles. The molecule has 1 fully saturated rings. The van der Waals surface area contributed by atoms with Crippen molar-refractivity contribution < 1.29 is 23.8 Å². The highest BCUT2D eigenvalue weighted by molar-refractivity contribution is 5.75. The van der Waals surface area contributed by atoms with Gasteiger partial charge in [0.2, 0.25) is 0 Å². The number of aromatic nitrogens is 2. The number of nitrogens with one attached hydrogen (secondary N) is 2. The Morgan fingerprint density at radius 3 is 2.74 bits per heavy atom. The molecule has 27 heavy (non-hydrogen) atoms. The summed E-state index contributed by atoms with van der Waals surface area (Å²) in [6.07, 6.45) is -2.67. The van der Waals surface area contributed by atoms with Gasteiger partial charge in [-0.1, -0.05) is 0 Å². The second-order valence-corrected chi connectivity index (χ2v) is 7.09. The molecular formula is C17H26FN3O6. The van der Waals surface area contributed by atoms with E-state index in [0.29, 0.717) is 0 Å². The molecule has 5 atom stereocenters. The third-order valence-electron chi connectivity index (χ3n) is 4.41. The van der Waals surface area contributed by atoms with E-state index < -0.39 is 47.4 Å². The molecule has 152 valence electrons. The minimum absolute atomic E-state index is 0.203. The van der Waals surface area contributed by atoms with Gasteiger partial charge in [0.1, 0.15) is 12.1 Å². The largest absolute Gasteiger partial charge is 0.462 e. The van der Waals surface area contributed by atoms with Crippen LogP contribution in [0.3, 0.4) is 0 Å². The van der Waals surface area contributed by atoms with E-state index in [9.17, 15) is 19.5 Å². The fraction of sp³-hybridized carbons (Fsp3) is 0.706. The van der Waals surface area contributed by atoms with Gasteiger partial charge in [0, 0.05) is 12.3 Å². The number of carbonyl (C=O) groups excluding carboxylic acids is 1. The first kappa shape index (κ1) is 21.3. The molecule has 1 aliphatic heterocycles. The molecule has 2 heterocycles. The van der Waals surface area contributed by atoms with Gasteiger partial charge in [0.25, 0.3) is 5.56 Å². The van der Waals surface area contributed by atoms with Gasteiger partial charge in [0.05, 0.1) is 12.2 Å². The summed E-state index contributed by atoms with van der Waals surface area (Å²) in [6, 6.07) is 0.504. The van der Waals surface area contributed by atoms with E-state index in [4.69, 9.17) is 9.47 Å². The number of aliphatic hydroxyl groups is 1. The van der Waals surface area contributed by atoms with E-state index in [1.165, 1.54) is 0 Å². The van der Waals surface area contributed by atoms with Gasteiger partial charge >= 0.3 is 11.7 Å². The van der Waals surface area contributed by atoms with Crippen molar-refractivity contribution in [3.8, 4) is 0 Å². The van der Waals surface area contributed by atoms with Crippen molar-refractivity contribution in [3.63, 3.8) is 0 Å². The van der Waals surface area contributed by atoms with Gasteiger partial charge < -0.3 is 19.9 Å². The van der Waals surface area contributed by atoms with Crippen LogP contribution in [0.25, 0.3) is 0 Å². The summed E-state index contributed by atoms with van der Waals surface area (Å²) in [4.78, 5) is 36.9. The lowest BCUT2D eigenvalue weighted by atomic mass is 9.97. The number of hydrogen-bond acceptors (Lipinski definition) is 7. The third-order valence-corrected chi connectivity index (χ3v) is 4.41. The number of ether oxygens (including phenoxy) is 2. The van der Waals surface area contributed by atoms with Crippen LogP contribution < -0.4 is 16.6 Å². The Morgan fingerprint density at radius 2 is 2.15 bits per heavy atom. The summed E-state index contributed by atoms with van der Waals surface area (Å²) in [6.45, 7) is 6.52. The fourth-order valence-corrected chi connectivity index (χ4v) is 2.92. The first-order valence-electron chi connectivity index (χ1n) is 8.81. The minimum atomic E-state index is -2.24. The Labute approximate surface area is 155 Å². The highest BCUT2D eigenvalue weighted by Crippen LogP contribution is 2.41. The molecule has 0 spiro atoms. The van der Waals surface area contributed by atoms with Gasteiger partial charge in [-0.15, -0.1) is 0 Å². The maximum absolute atomic E-state index is 15.0. The molecule has 1 aromatic rings. The van der Waals surface area contributed by atoms with Crippen LogP contribution in [0.5, 0.6) is 0 Å². The van der Waals surface area contributed by atoms with Crippen molar-refractivity contribution in [2.24, 2.45) is 0 Å². The van der Waals surface area contributed by atoms with Crippen molar-refractivity contribution in [1.82, 2.24) is 14.9 Å². The molecule has 9 nitrogen and oxygen atoms in total. The van der Waals surface area contributed by atoms with E-state index >= 15 is 4.39 Å². The van der Waals surface area contributed by atoms with E-state index in [-0.39, 0.29) is 19.1 Å². The summed E-state index contributed by atoms with van der Waals surface area (Å²) >= 11 is 0. The number of hydrogen-bond donors (Lipinski definition) is 3. The molecule has 1 aromatic heterocycles. The molecule has 1 saturated heterocycles. The van der Waals surface area contributed by atoms with Crippen LogP contribution in [0.15, 0.2) is 21.9 Å². The maximum atomic E-state index is 15.0. The number of H-pyrrole nitrogens is 1. The Hall–Kier alpha value is -2.04. The standard InChI is InChI=1S/C17H26FN3O6/c1-9(2)26-14(24)10(3)19-7-5-11-13(23)17(4,18)15(27-11)21-8-6-12(22)20-16(21)25/h6,8-11,13,15,19,23H,5,7H2,1-4H3,(H,20,22,25)/t10-,11+,13+,15+,17+/m0/s1. The molecule has 0 saturated carbocycles. The Bertz CT molecular complexity index is 774. The van der Waals surface area contributed by atoms with Gasteiger partial charge in [-0.05, 0) is 40.7 Å². The van der Waals surface area contributed by atoms with Crippen LogP contribution in [-0.4, -0.2) is 57.2 Å². The SMILES string of the molecule is CC(C)OC(=O)[C@H](C)NCC[C@H]1O[C@@H](n2ccc(=O)[nH]c2=O)[C@](C)(F)[C@@H]1O.